The van der Waals surface area contributed by atoms with Crippen LogP contribution in [0.1, 0.15) is 18.4 Å². The van der Waals surface area contributed by atoms with Crippen LogP contribution in [0.2, 0.25) is 0 Å². The number of piperidine rings is 1. The molecule has 3 heterocycles. The molecule has 2 fully saturated rings. The lowest BCUT2D eigenvalue weighted by Gasteiger charge is -2.42. The summed E-state index contributed by atoms with van der Waals surface area (Å²) in [6.07, 6.45) is 2.80. The summed E-state index contributed by atoms with van der Waals surface area (Å²) in [5.41, 5.74) is 1.20. The van der Waals surface area contributed by atoms with Crippen LogP contribution in [0.15, 0.2) is 36.5 Å². The number of carbonyl (C=O) groups is 3. The molecule has 170 valence electrons. The summed E-state index contributed by atoms with van der Waals surface area (Å²) in [7, 11) is 2.80. The fraction of sp³-hybridized carbons (Fsp3) is 0.478. The smallest absolute Gasteiger partial charge is 0.328 e. The van der Waals surface area contributed by atoms with Gasteiger partial charge in [0.25, 0.3) is 5.91 Å². The van der Waals surface area contributed by atoms with E-state index in [2.05, 4.69) is 26.8 Å². The highest BCUT2D eigenvalue weighted by molar-refractivity contribution is 6.08. The van der Waals surface area contributed by atoms with Crippen molar-refractivity contribution in [1.82, 2.24) is 19.7 Å². The first-order valence-electron chi connectivity index (χ1n) is 10.7. The summed E-state index contributed by atoms with van der Waals surface area (Å²) in [5, 5.41) is 1.10. The van der Waals surface area contributed by atoms with Crippen molar-refractivity contribution >= 4 is 28.8 Å². The minimum Gasteiger partial charge on any atom is -0.468 e. The molecule has 0 unspecified atom stereocenters. The number of pyridine rings is 1. The van der Waals surface area contributed by atoms with Gasteiger partial charge in [0.2, 0.25) is 0 Å². The van der Waals surface area contributed by atoms with Gasteiger partial charge in [-0.15, -0.1) is 0 Å². The quantitative estimate of drug-likeness (QED) is 0.478. The van der Waals surface area contributed by atoms with E-state index >= 15 is 0 Å². The summed E-state index contributed by atoms with van der Waals surface area (Å²) in [6.45, 7) is 2.35. The molecule has 0 aliphatic carbocycles. The van der Waals surface area contributed by atoms with Crippen molar-refractivity contribution in [1.29, 1.82) is 0 Å². The van der Waals surface area contributed by atoms with Crippen LogP contribution in [-0.2, 0) is 25.6 Å². The summed E-state index contributed by atoms with van der Waals surface area (Å²) in [4.78, 5) is 47.3. The number of amides is 3. The Morgan fingerprint density at radius 1 is 1.16 bits per heavy atom. The lowest BCUT2D eigenvalue weighted by molar-refractivity contribution is -0.146. The van der Waals surface area contributed by atoms with Crippen LogP contribution >= 0.6 is 0 Å². The lowest BCUT2D eigenvalue weighted by atomic mass is 9.85. The van der Waals surface area contributed by atoms with Gasteiger partial charge in [0.15, 0.2) is 0 Å². The molecule has 0 saturated carbocycles. The van der Waals surface area contributed by atoms with Crippen molar-refractivity contribution in [2.75, 3.05) is 47.0 Å². The average molecular weight is 441 g/mol. The molecule has 9 nitrogen and oxygen atoms in total. The van der Waals surface area contributed by atoms with Crippen LogP contribution < -0.4 is 0 Å². The Morgan fingerprint density at radius 2 is 1.94 bits per heavy atom. The van der Waals surface area contributed by atoms with Gasteiger partial charge in [0, 0.05) is 44.9 Å². The molecule has 2 aliphatic rings. The number of esters is 1. The van der Waals surface area contributed by atoms with Gasteiger partial charge >= 0.3 is 12.0 Å². The van der Waals surface area contributed by atoms with Crippen molar-refractivity contribution in [3.8, 4) is 0 Å². The Morgan fingerprint density at radius 3 is 2.66 bits per heavy atom. The standard InChI is InChI=1S/C23H28N4O5/c1-31-13-12-27-22(30)26(16-20(28)32-2)21(29)23(27)7-10-25(11-8-23)15-17-5-6-19-18(14-17)4-3-9-24-19/h3-6,9,14H,7-8,10-13,15-16H2,1-2H3. The number of rotatable bonds is 7. The van der Waals surface area contributed by atoms with Crippen molar-refractivity contribution in [3.63, 3.8) is 0 Å². The molecular formula is C23H28N4O5. The topological polar surface area (TPSA) is 92.3 Å². The molecule has 1 aromatic heterocycles. The van der Waals surface area contributed by atoms with Gasteiger partial charge in [0.1, 0.15) is 12.1 Å². The Bertz CT molecular complexity index is 1020. The predicted molar refractivity (Wildman–Crippen MR) is 117 cm³/mol. The number of fused-ring (bicyclic) bond motifs is 1. The number of urea groups is 1. The molecule has 2 saturated heterocycles. The number of nitrogens with zero attached hydrogens (tertiary/aromatic N) is 4. The third-order valence-corrected chi connectivity index (χ3v) is 6.41. The van der Waals surface area contributed by atoms with Gasteiger partial charge in [-0.05, 0) is 36.6 Å². The Hall–Kier alpha value is -3.04. The van der Waals surface area contributed by atoms with E-state index in [9.17, 15) is 14.4 Å². The molecule has 0 atom stereocenters. The first-order chi connectivity index (χ1) is 15.5. The fourth-order valence-corrected chi connectivity index (χ4v) is 4.65. The maximum absolute atomic E-state index is 13.3. The molecule has 3 amide bonds. The monoisotopic (exact) mass is 440 g/mol. The maximum atomic E-state index is 13.3. The first kappa shape index (κ1) is 22.2. The highest BCUT2D eigenvalue weighted by Crippen LogP contribution is 2.37. The van der Waals surface area contributed by atoms with E-state index in [1.165, 1.54) is 12.7 Å². The van der Waals surface area contributed by atoms with Crippen LogP contribution in [0.3, 0.4) is 0 Å². The zero-order valence-electron chi connectivity index (χ0n) is 18.5. The first-order valence-corrected chi connectivity index (χ1v) is 10.7. The van der Waals surface area contributed by atoms with E-state index in [-0.39, 0.29) is 12.5 Å². The van der Waals surface area contributed by atoms with Gasteiger partial charge < -0.3 is 14.4 Å². The van der Waals surface area contributed by atoms with Crippen LogP contribution in [0, 0.1) is 0 Å². The number of imide groups is 1. The van der Waals surface area contributed by atoms with Crippen molar-refractivity contribution in [2.45, 2.75) is 24.9 Å². The Labute approximate surface area is 186 Å². The number of methoxy groups -OCH3 is 2. The number of ether oxygens (including phenoxy) is 2. The zero-order valence-corrected chi connectivity index (χ0v) is 18.5. The lowest BCUT2D eigenvalue weighted by Crippen LogP contribution is -2.57. The second-order valence-corrected chi connectivity index (χ2v) is 8.23. The Kier molecular flexibility index (Phi) is 6.38. The molecule has 9 heteroatoms. The zero-order chi connectivity index (χ0) is 22.7. The number of carbonyl (C=O) groups excluding carboxylic acids is 3. The van der Waals surface area contributed by atoms with Crippen LogP contribution in [0.5, 0.6) is 0 Å². The van der Waals surface area contributed by atoms with Crippen molar-refractivity contribution in [3.05, 3.63) is 42.1 Å². The predicted octanol–water partition coefficient (Wildman–Crippen LogP) is 1.65. The fourth-order valence-electron chi connectivity index (χ4n) is 4.65. The molecule has 2 aromatic rings. The molecule has 4 rings (SSSR count). The van der Waals surface area contributed by atoms with Gasteiger partial charge in [-0.3, -0.25) is 24.4 Å². The van der Waals surface area contributed by atoms with E-state index in [0.717, 1.165) is 22.3 Å². The molecule has 1 aromatic carbocycles. The summed E-state index contributed by atoms with van der Waals surface area (Å²) >= 11 is 0. The molecule has 2 aliphatic heterocycles. The van der Waals surface area contributed by atoms with E-state index in [1.807, 2.05) is 18.2 Å². The number of aromatic nitrogens is 1. The second-order valence-electron chi connectivity index (χ2n) is 8.23. The SMILES string of the molecule is COCCN1C(=O)N(CC(=O)OC)C(=O)C12CCN(Cc1ccc3ncccc3c1)CC2. The number of hydrogen-bond donors (Lipinski definition) is 0. The maximum Gasteiger partial charge on any atom is 0.328 e. The second kappa shape index (κ2) is 9.22. The molecule has 0 bridgehead atoms. The van der Waals surface area contributed by atoms with Crippen LogP contribution in [0.4, 0.5) is 4.79 Å². The molecule has 32 heavy (non-hydrogen) atoms. The third kappa shape index (κ3) is 4.05. The summed E-state index contributed by atoms with van der Waals surface area (Å²) in [6, 6.07) is 9.75. The Balaban J connectivity index is 1.48. The van der Waals surface area contributed by atoms with Gasteiger partial charge in [0.05, 0.1) is 19.2 Å². The van der Waals surface area contributed by atoms with Crippen LogP contribution in [0.25, 0.3) is 10.9 Å². The van der Waals surface area contributed by atoms with E-state index in [4.69, 9.17) is 4.74 Å². The summed E-state index contributed by atoms with van der Waals surface area (Å²) in [5.74, 6) is -0.931. The normalized spacial score (nSPS) is 18.7. The van der Waals surface area contributed by atoms with Crippen LogP contribution in [-0.4, -0.2) is 90.1 Å². The van der Waals surface area contributed by atoms with E-state index < -0.39 is 17.5 Å². The van der Waals surface area contributed by atoms with E-state index in [0.29, 0.717) is 39.1 Å². The largest absolute Gasteiger partial charge is 0.468 e. The molecule has 0 radical (unpaired) electrons. The number of likely N-dealkylation sites (tertiary alicyclic amines) is 1. The minimum atomic E-state index is -0.937. The number of benzene rings is 1. The van der Waals surface area contributed by atoms with E-state index in [1.54, 1.807) is 18.2 Å². The highest BCUT2D eigenvalue weighted by Gasteiger charge is 2.58. The molecular weight excluding hydrogens is 412 g/mol. The van der Waals surface area contributed by atoms with Crippen molar-refractivity contribution < 1.29 is 23.9 Å². The van der Waals surface area contributed by atoms with Gasteiger partial charge in [-0.1, -0.05) is 12.1 Å². The minimum absolute atomic E-state index is 0.302. The average Bonchev–Trinajstić information content (AvgIpc) is 3.00. The van der Waals surface area contributed by atoms with Gasteiger partial charge in [-0.2, -0.15) is 0 Å². The van der Waals surface area contributed by atoms with Gasteiger partial charge in [-0.25, -0.2) is 4.79 Å². The number of hydrogen-bond acceptors (Lipinski definition) is 7. The summed E-state index contributed by atoms with van der Waals surface area (Å²) < 4.78 is 9.84. The third-order valence-electron chi connectivity index (χ3n) is 6.41. The highest BCUT2D eigenvalue weighted by atomic mass is 16.5. The molecule has 1 spiro atoms. The van der Waals surface area contributed by atoms with Crippen molar-refractivity contribution in [2.24, 2.45) is 0 Å². The molecule has 0 N–H and O–H groups in total.